The summed E-state index contributed by atoms with van der Waals surface area (Å²) in [5, 5.41) is 3.53. The van der Waals surface area contributed by atoms with Crippen LogP contribution in [0.2, 0.25) is 0 Å². The quantitative estimate of drug-likeness (QED) is 0.638. The third-order valence-corrected chi connectivity index (χ3v) is 3.03. The zero-order chi connectivity index (χ0) is 13.3. The van der Waals surface area contributed by atoms with E-state index >= 15 is 0 Å². The van der Waals surface area contributed by atoms with Gasteiger partial charge in [-0.1, -0.05) is 27.7 Å². The van der Waals surface area contributed by atoms with Crippen LogP contribution in [0.15, 0.2) is 0 Å². The molecule has 0 aromatic rings. The Hall–Kier alpha value is -0.120. The van der Waals surface area contributed by atoms with Gasteiger partial charge in [0.25, 0.3) is 0 Å². The van der Waals surface area contributed by atoms with E-state index in [0.29, 0.717) is 12.0 Å². The molecule has 2 atom stereocenters. The van der Waals surface area contributed by atoms with Gasteiger partial charge in [0.15, 0.2) is 0 Å². The molecule has 0 saturated heterocycles. The molecule has 0 rings (SSSR count). The van der Waals surface area contributed by atoms with Gasteiger partial charge in [-0.15, -0.1) is 0 Å². The number of hydrogen-bond acceptors (Lipinski definition) is 3. The molecule has 0 aliphatic carbocycles. The highest BCUT2D eigenvalue weighted by Gasteiger charge is 2.14. The van der Waals surface area contributed by atoms with Gasteiger partial charge in [-0.25, -0.2) is 0 Å². The molecule has 1 N–H and O–H groups in total. The van der Waals surface area contributed by atoms with Gasteiger partial charge in [0.05, 0.1) is 6.61 Å². The molecule has 0 aliphatic heterocycles. The Balaban J connectivity index is 3.84. The molecule has 0 bridgehead atoms. The van der Waals surface area contributed by atoms with Crippen molar-refractivity contribution in [1.82, 2.24) is 10.2 Å². The van der Waals surface area contributed by atoms with E-state index in [0.717, 1.165) is 38.7 Å². The van der Waals surface area contributed by atoms with Crippen LogP contribution in [0.3, 0.4) is 0 Å². The van der Waals surface area contributed by atoms with Gasteiger partial charge >= 0.3 is 0 Å². The Kier molecular flexibility index (Phi) is 9.79. The second kappa shape index (κ2) is 9.86. The minimum Gasteiger partial charge on any atom is -0.383 e. The highest BCUT2D eigenvalue weighted by Crippen LogP contribution is 2.05. The van der Waals surface area contributed by atoms with Crippen molar-refractivity contribution in [2.75, 3.05) is 39.9 Å². The third-order valence-electron chi connectivity index (χ3n) is 3.03. The second-order valence-corrected chi connectivity index (χ2v) is 5.55. The topological polar surface area (TPSA) is 24.5 Å². The van der Waals surface area contributed by atoms with Crippen molar-refractivity contribution < 1.29 is 4.74 Å². The van der Waals surface area contributed by atoms with Crippen LogP contribution in [-0.4, -0.2) is 50.8 Å². The first-order valence-electron chi connectivity index (χ1n) is 6.94. The molecule has 0 aliphatic rings. The number of methoxy groups -OCH3 is 1. The lowest BCUT2D eigenvalue weighted by atomic mass is 10.1. The molecule has 0 heterocycles. The van der Waals surface area contributed by atoms with Crippen LogP contribution >= 0.6 is 0 Å². The third kappa shape index (κ3) is 8.58. The summed E-state index contributed by atoms with van der Waals surface area (Å²) in [6.45, 7) is 16.5. The van der Waals surface area contributed by atoms with Crippen LogP contribution in [-0.2, 0) is 4.74 Å². The van der Waals surface area contributed by atoms with Gasteiger partial charge < -0.3 is 10.1 Å². The van der Waals surface area contributed by atoms with Crippen molar-refractivity contribution in [3.63, 3.8) is 0 Å². The molecule has 0 aromatic heterocycles. The zero-order valence-corrected chi connectivity index (χ0v) is 12.6. The largest absolute Gasteiger partial charge is 0.383 e. The fourth-order valence-electron chi connectivity index (χ4n) is 2.05. The standard InChI is InChI=1S/C14H32N2O/c1-7-16(14(5)11-17-6)10-13(4)9-15-8-12(2)3/h12-15H,7-11H2,1-6H3. The smallest absolute Gasteiger partial charge is 0.0615 e. The van der Waals surface area contributed by atoms with Gasteiger partial charge in [0.1, 0.15) is 0 Å². The molecule has 104 valence electrons. The lowest BCUT2D eigenvalue weighted by molar-refractivity contribution is 0.0931. The first-order valence-corrected chi connectivity index (χ1v) is 6.94. The maximum absolute atomic E-state index is 5.22. The van der Waals surface area contributed by atoms with Crippen LogP contribution in [0, 0.1) is 11.8 Å². The number of hydrogen-bond donors (Lipinski definition) is 1. The first kappa shape index (κ1) is 16.9. The van der Waals surface area contributed by atoms with E-state index in [1.165, 1.54) is 0 Å². The maximum Gasteiger partial charge on any atom is 0.0615 e. The summed E-state index contributed by atoms with van der Waals surface area (Å²) in [4.78, 5) is 2.49. The molecule has 3 heteroatoms. The molecule has 17 heavy (non-hydrogen) atoms. The minimum absolute atomic E-state index is 0.512. The first-order chi connectivity index (χ1) is 8.01. The number of nitrogens with zero attached hydrogens (tertiary/aromatic N) is 1. The van der Waals surface area contributed by atoms with Crippen LogP contribution in [0.4, 0.5) is 0 Å². The summed E-state index contributed by atoms with van der Waals surface area (Å²) in [7, 11) is 1.78. The van der Waals surface area contributed by atoms with E-state index in [1.54, 1.807) is 7.11 Å². The summed E-state index contributed by atoms with van der Waals surface area (Å²) < 4.78 is 5.22. The van der Waals surface area contributed by atoms with Crippen LogP contribution in [0.25, 0.3) is 0 Å². The van der Waals surface area contributed by atoms with Crippen molar-refractivity contribution in [1.29, 1.82) is 0 Å². The fraction of sp³-hybridized carbons (Fsp3) is 1.00. The monoisotopic (exact) mass is 244 g/mol. The van der Waals surface area contributed by atoms with Crippen molar-refractivity contribution in [2.24, 2.45) is 11.8 Å². The Morgan fingerprint density at radius 3 is 2.24 bits per heavy atom. The fourth-order valence-corrected chi connectivity index (χ4v) is 2.05. The molecule has 0 saturated carbocycles. The molecule has 0 spiro atoms. The molecule has 3 nitrogen and oxygen atoms in total. The van der Waals surface area contributed by atoms with E-state index in [-0.39, 0.29) is 0 Å². The number of ether oxygens (including phenoxy) is 1. The zero-order valence-electron chi connectivity index (χ0n) is 12.6. The predicted octanol–water partition coefficient (Wildman–Crippen LogP) is 2.22. The maximum atomic E-state index is 5.22. The summed E-state index contributed by atoms with van der Waals surface area (Å²) in [6, 6.07) is 0.512. The molecular formula is C14H32N2O. The molecule has 0 fully saturated rings. The highest BCUT2D eigenvalue weighted by molar-refractivity contribution is 4.70. The Bertz CT molecular complexity index is 174. The number of rotatable bonds is 10. The summed E-state index contributed by atoms with van der Waals surface area (Å²) >= 11 is 0. The van der Waals surface area contributed by atoms with Gasteiger partial charge in [0, 0.05) is 19.7 Å². The lowest BCUT2D eigenvalue weighted by Crippen LogP contribution is -2.41. The van der Waals surface area contributed by atoms with E-state index in [9.17, 15) is 0 Å². The molecule has 0 aromatic carbocycles. The Morgan fingerprint density at radius 2 is 1.76 bits per heavy atom. The molecule has 0 amide bonds. The predicted molar refractivity (Wildman–Crippen MR) is 75.5 cm³/mol. The second-order valence-electron chi connectivity index (χ2n) is 5.55. The normalized spacial score (nSPS) is 15.5. The van der Waals surface area contributed by atoms with Crippen molar-refractivity contribution in [3.05, 3.63) is 0 Å². The van der Waals surface area contributed by atoms with Crippen molar-refractivity contribution in [2.45, 2.75) is 40.7 Å². The SMILES string of the molecule is CCN(CC(C)CNCC(C)C)C(C)COC. The van der Waals surface area contributed by atoms with Gasteiger partial charge in [-0.3, -0.25) is 4.90 Å². The Labute approximate surface area is 108 Å². The average Bonchev–Trinajstić information content (AvgIpc) is 2.25. The van der Waals surface area contributed by atoms with E-state index in [2.05, 4.69) is 44.8 Å². The minimum atomic E-state index is 0.512. The van der Waals surface area contributed by atoms with Gasteiger partial charge in [-0.05, 0) is 38.4 Å². The van der Waals surface area contributed by atoms with E-state index in [4.69, 9.17) is 4.74 Å². The van der Waals surface area contributed by atoms with Crippen molar-refractivity contribution >= 4 is 0 Å². The van der Waals surface area contributed by atoms with Crippen LogP contribution in [0.5, 0.6) is 0 Å². The number of nitrogens with one attached hydrogen (secondary N) is 1. The Morgan fingerprint density at radius 1 is 1.12 bits per heavy atom. The van der Waals surface area contributed by atoms with Crippen LogP contribution in [0.1, 0.15) is 34.6 Å². The van der Waals surface area contributed by atoms with Crippen molar-refractivity contribution in [3.8, 4) is 0 Å². The molecule has 2 unspecified atom stereocenters. The lowest BCUT2D eigenvalue weighted by Gasteiger charge is -2.30. The molecular weight excluding hydrogens is 212 g/mol. The highest BCUT2D eigenvalue weighted by atomic mass is 16.5. The van der Waals surface area contributed by atoms with Gasteiger partial charge in [0.2, 0.25) is 0 Å². The van der Waals surface area contributed by atoms with Gasteiger partial charge in [-0.2, -0.15) is 0 Å². The van der Waals surface area contributed by atoms with E-state index < -0.39 is 0 Å². The summed E-state index contributed by atoms with van der Waals surface area (Å²) in [5.41, 5.74) is 0. The summed E-state index contributed by atoms with van der Waals surface area (Å²) in [6.07, 6.45) is 0. The molecule has 0 radical (unpaired) electrons. The summed E-state index contributed by atoms with van der Waals surface area (Å²) in [5.74, 6) is 1.42. The van der Waals surface area contributed by atoms with Crippen LogP contribution < -0.4 is 5.32 Å². The van der Waals surface area contributed by atoms with E-state index in [1.807, 2.05) is 0 Å². The average molecular weight is 244 g/mol. The number of likely N-dealkylation sites (N-methyl/N-ethyl adjacent to an activating group) is 1.